The maximum absolute atomic E-state index is 14.3. The Morgan fingerprint density at radius 1 is 1.06 bits per heavy atom. The third kappa shape index (κ3) is 4.05. The number of halogens is 1. The molecule has 1 atom stereocenters. The normalized spacial score (nSPS) is 14.5. The number of nitrogens with zero attached hydrogens (tertiary/aromatic N) is 3. The Kier molecular flexibility index (Phi) is 5.19. The van der Waals surface area contributed by atoms with E-state index in [1.807, 2.05) is 54.0 Å². The molecule has 1 heterocycles. The van der Waals surface area contributed by atoms with Gasteiger partial charge in [0.05, 0.1) is 10.8 Å². The van der Waals surface area contributed by atoms with Crippen LogP contribution in [0.2, 0.25) is 0 Å². The molecule has 1 aromatic heterocycles. The van der Waals surface area contributed by atoms with Gasteiger partial charge in [-0.2, -0.15) is 0 Å². The second-order valence-corrected chi connectivity index (χ2v) is 9.01. The average Bonchev–Trinajstić information content (AvgIpc) is 3.54. The van der Waals surface area contributed by atoms with Gasteiger partial charge in [-0.1, -0.05) is 54.2 Å². The zero-order valence-electron chi connectivity index (χ0n) is 17.0. The number of fused-ring (bicyclic) bond motifs is 1. The van der Waals surface area contributed by atoms with Crippen LogP contribution < -0.4 is 5.32 Å². The third-order valence-corrected chi connectivity index (χ3v) is 6.42. The summed E-state index contributed by atoms with van der Waals surface area (Å²) >= 11 is 1.35. The van der Waals surface area contributed by atoms with Crippen LogP contribution >= 0.6 is 11.8 Å². The molecule has 31 heavy (non-hydrogen) atoms. The number of anilines is 1. The van der Waals surface area contributed by atoms with E-state index >= 15 is 0 Å². The Bertz CT molecular complexity index is 1270. The lowest BCUT2D eigenvalue weighted by Gasteiger charge is -2.14. The van der Waals surface area contributed by atoms with E-state index in [2.05, 4.69) is 15.5 Å². The monoisotopic (exact) mass is 432 g/mol. The average molecular weight is 433 g/mol. The van der Waals surface area contributed by atoms with Crippen LogP contribution in [0, 0.1) is 5.82 Å². The number of aromatic nitrogens is 3. The summed E-state index contributed by atoms with van der Waals surface area (Å²) in [4.78, 5) is 12.8. The van der Waals surface area contributed by atoms with Gasteiger partial charge in [-0.15, -0.1) is 10.2 Å². The maximum atomic E-state index is 14.3. The number of nitrogens with one attached hydrogen (secondary N) is 1. The molecule has 5 nitrogen and oxygen atoms in total. The molecule has 7 heteroatoms. The molecule has 5 rings (SSSR count). The van der Waals surface area contributed by atoms with E-state index < -0.39 is 0 Å². The van der Waals surface area contributed by atoms with Crippen LogP contribution in [-0.4, -0.2) is 25.9 Å². The molecule has 0 bridgehead atoms. The topological polar surface area (TPSA) is 59.8 Å². The molecule has 156 valence electrons. The maximum Gasteiger partial charge on any atom is 0.237 e. The summed E-state index contributed by atoms with van der Waals surface area (Å²) < 4.78 is 16.3. The van der Waals surface area contributed by atoms with Crippen molar-refractivity contribution in [3.8, 4) is 11.4 Å². The quantitative estimate of drug-likeness (QED) is 0.398. The molecule has 1 saturated carbocycles. The van der Waals surface area contributed by atoms with Crippen molar-refractivity contribution in [3.05, 3.63) is 72.5 Å². The minimum atomic E-state index is -0.387. The number of rotatable bonds is 6. The third-order valence-electron chi connectivity index (χ3n) is 5.36. The predicted octanol–water partition coefficient (Wildman–Crippen LogP) is 5.69. The van der Waals surface area contributed by atoms with Crippen LogP contribution in [0.3, 0.4) is 0 Å². The van der Waals surface area contributed by atoms with Crippen molar-refractivity contribution in [1.29, 1.82) is 0 Å². The fourth-order valence-electron chi connectivity index (χ4n) is 3.57. The first-order chi connectivity index (χ1) is 15.1. The molecule has 0 aliphatic heterocycles. The van der Waals surface area contributed by atoms with Gasteiger partial charge in [0, 0.05) is 11.7 Å². The molecule has 0 spiro atoms. The summed E-state index contributed by atoms with van der Waals surface area (Å²) in [6.07, 6.45) is 2.01. The zero-order valence-corrected chi connectivity index (χ0v) is 17.8. The van der Waals surface area contributed by atoms with Crippen molar-refractivity contribution in [1.82, 2.24) is 14.8 Å². The van der Waals surface area contributed by atoms with Gasteiger partial charge in [-0.05, 0) is 54.8 Å². The second-order valence-electron chi connectivity index (χ2n) is 7.70. The van der Waals surface area contributed by atoms with Crippen LogP contribution in [0.1, 0.15) is 25.8 Å². The van der Waals surface area contributed by atoms with Crippen molar-refractivity contribution in [3.63, 3.8) is 0 Å². The largest absolute Gasteiger partial charge is 0.325 e. The lowest BCUT2D eigenvalue weighted by atomic mass is 10.1. The highest BCUT2D eigenvalue weighted by Crippen LogP contribution is 2.42. The number of hydrogen-bond donors (Lipinski definition) is 1. The Balaban J connectivity index is 1.35. The van der Waals surface area contributed by atoms with Gasteiger partial charge in [0.25, 0.3) is 0 Å². The van der Waals surface area contributed by atoms with Gasteiger partial charge in [0.15, 0.2) is 11.0 Å². The van der Waals surface area contributed by atoms with Crippen molar-refractivity contribution < 1.29 is 9.18 Å². The fraction of sp³-hybridized carbons (Fsp3) is 0.208. The standard InChI is InChI=1S/C24H21FN4OS/c1-15(23(30)26-18-11-10-16-6-2-3-7-17(16)14-18)31-24-28-27-22(29(24)19-12-13-19)20-8-4-5-9-21(20)25/h2-11,14-15,19H,12-13H2,1H3,(H,26,30). The Morgan fingerprint density at radius 3 is 2.58 bits per heavy atom. The first-order valence-electron chi connectivity index (χ1n) is 10.3. The van der Waals surface area contributed by atoms with Crippen LogP contribution in [0.5, 0.6) is 0 Å². The van der Waals surface area contributed by atoms with E-state index in [1.165, 1.54) is 17.8 Å². The number of thioether (sulfide) groups is 1. The molecule has 3 aromatic carbocycles. The molecular weight excluding hydrogens is 411 g/mol. The second kappa shape index (κ2) is 8.15. The lowest BCUT2D eigenvalue weighted by molar-refractivity contribution is -0.115. The fourth-order valence-corrected chi connectivity index (χ4v) is 4.49. The first-order valence-corrected chi connectivity index (χ1v) is 11.1. The number of carbonyl (C=O) groups is 1. The van der Waals surface area contributed by atoms with Crippen molar-refractivity contribution >= 4 is 34.1 Å². The van der Waals surface area contributed by atoms with E-state index in [-0.39, 0.29) is 23.0 Å². The summed E-state index contributed by atoms with van der Waals surface area (Å²) in [7, 11) is 0. The molecule has 1 N–H and O–H groups in total. The number of amides is 1. The molecule has 1 amide bonds. The molecule has 4 aromatic rings. The predicted molar refractivity (Wildman–Crippen MR) is 122 cm³/mol. The number of hydrogen-bond acceptors (Lipinski definition) is 4. The molecule has 0 radical (unpaired) electrons. The van der Waals surface area contributed by atoms with E-state index in [0.717, 1.165) is 29.3 Å². The number of benzene rings is 3. The highest BCUT2D eigenvalue weighted by molar-refractivity contribution is 8.00. The minimum absolute atomic E-state index is 0.113. The first kappa shape index (κ1) is 19.8. The van der Waals surface area contributed by atoms with Crippen molar-refractivity contribution in [2.45, 2.75) is 36.2 Å². The highest BCUT2D eigenvalue weighted by Gasteiger charge is 2.32. The molecule has 1 aliphatic rings. The van der Waals surface area contributed by atoms with Gasteiger partial charge in [-0.3, -0.25) is 9.36 Å². The van der Waals surface area contributed by atoms with Gasteiger partial charge in [-0.25, -0.2) is 4.39 Å². The molecule has 1 aliphatic carbocycles. The summed E-state index contributed by atoms with van der Waals surface area (Å²) in [5.41, 5.74) is 1.19. The van der Waals surface area contributed by atoms with Crippen LogP contribution in [0.25, 0.3) is 22.2 Å². The van der Waals surface area contributed by atoms with Gasteiger partial charge in [0.1, 0.15) is 5.82 Å². The number of carbonyl (C=O) groups excluding carboxylic acids is 1. The molecule has 0 saturated heterocycles. The molecule has 1 unspecified atom stereocenters. The summed E-state index contributed by atoms with van der Waals surface area (Å²) in [6, 6.07) is 20.7. The molecule has 1 fully saturated rings. The van der Waals surface area contributed by atoms with Crippen molar-refractivity contribution in [2.24, 2.45) is 0 Å². The van der Waals surface area contributed by atoms with E-state index in [4.69, 9.17) is 0 Å². The smallest absolute Gasteiger partial charge is 0.237 e. The Morgan fingerprint density at radius 2 is 1.81 bits per heavy atom. The zero-order chi connectivity index (χ0) is 21.4. The van der Waals surface area contributed by atoms with Crippen LogP contribution in [-0.2, 0) is 4.79 Å². The SMILES string of the molecule is CC(Sc1nnc(-c2ccccc2F)n1C1CC1)C(=O)Nc1ccc2ccccc2c1. The van der Waals surface area contributed by atoms with Gasteiger partial charge >= 0.3 is 0 Å². The van der Waals surface area contributed by atoms with E-state index in [1.54, 1.807) is 18.2 Å². The summed E-state index contributed by atoms with van der Waals surface area (Å²) in [5.74, 6) is 0.0822. The molecular formula is C24H21FN4OS. The summed E-state index contributed by atoms with van der Waals surface area (Å²) in [6.45, 7) is 1.84. The lowest BCUT2D eigenvalue weighted by Crippen LogP contribution is -2.23. The van der Waals surface area contributed by atoms with Gasteiger partial charge in [0.2, 0.25) is 5.91 Å². The van der Waals surface area contributed by atoms with Crippen LogP contribution in [0.15, 0.2) is 71.9 Å². The summed E-state index contributed by atoms with van der Waals surface area (Å²) in [5, 5.41) is 14.0. The van der Waals surface area contributed by atoms with Crippen LogP contribution in [0.4, 0.5) is 10.1 Å². The highest BCUT2D eigenvalue weighted by atomic mass is 32.2. The van der Waals surface area contributed by atoms with Crippen molar-refractivity contribution in [2.75, 3.05) is 5.32 Å². The van der Waals surface area contributed by atoms with E-state index in [0.29, 0.717) is 16.5 Å². The Labute approximate surface area is 183 Å². The minimum Gasteiger partial charge on any atom is -0.325 e. The van der Waals surface area contributed by atoms with Gasteiger partial charge < -0.3 is 5.32 Å². The Hall–Kier alpha value is -3.19. The van der Waals surface area contributed by atoms with E-state index in [9.17, 15) is 9.18 Å².